The molecule has 3 heteroatoms. The molecule has 0 saturated carbocycles. The summed E-state index contributed by atoms with van der Waals surface area (Å²) in [6.45, 7) is 3.83. The fraction of sp³-hybridized carbons (Fsp3) is 0.368. The lowest BCUT2D eigenvalue weighted by Crippen LogP contribution is -2.33. The topological polar surface area (TPSA) is 30.5 Å². The molecule has 1 unspecified atom stereocenters. The second-order valence-corrected chi connectivity index (χ2v) is 5.97. The molecule has 0 amide bonds. The van der Waals surface area contributed by atoms with Gasteiger partial charge in [0.2, 0.25) is 0 Å². The second kappa shape index (κ2) is 6.41. The maximum absolute atomic E-state index is 6.16. The number of methoxy groups -OCH3 is 1. The number of benzene rings is 2. The Morgan fingerprint density at radius 1 is 1.09 bits per heavy atom. The highest BCUT2D eigenvalue weighted by molar-refractivity contribution is 5.50. The maximum Gasteiger partial charge on any atom is 0.166 e. The molecule has 0 spiro atoms. The summed E-state index contributed by atoms with van der Waals surface area (Å²) in [6.07, 6.45) is 2.30. The molecule has 1 aliphatic heterocycles. The highest BCUT2D eigenvalue weighted by atomic mass is 16.5. The van der Waals surface area contributed by atoms with Gasteiger partial charge < -0.3 is 14.8 Å². The zero-order valence-corrected chi connectivity index (χ0v) is 13.3. The monoisotopic (exact) mass is 297 g/mol. The molecule has 116 valence electrons. The summed E-state index contributed by atoms with van der Waals surface area (Å²) in [7, 11) is 1.69. The lowest BCUT2D eigenvalue weighted by molar-refractivity contribution is 0.271. The van der Waals surface area contributed by atoms with Crippen LogP contribution in [0.1, 0.15) is 30.9 Å². The van der Waals surface area contributed by atoms with E-state index in [0.717, 1.165) is 30.0 Å². The minimum Gasteiger partial charge on any atom is -0.493 e. The zero-order valence-electron chi connectivity index (χ0n) is 13.3. The van der Waals surface area contributed by atoms with Crippen LogP contribution in [-0.4, -0.2) is 13.7 Å². The molecule has 0 aliphatic carbocycles. The predicted octanol–water partition coefficient (Wildman–Crippen LogP) is 3.87. The first-order valence-electron chi connectivity index (χ1n) is 7.82. The minimum absolute atomic E-state index is 0.0411. The van der Waals surface area contributed by atoms with Gasteiger partial charge in [-0.15, -0.1) is 0 Å². The van der Waals surface area contributed by atoms with E-state index in [9.17, 15) is 0 Å². The van der Waals surface area contributed by atoms with Crippen LogP contribution < -0.4 is 14.8 Å². The molecule has 3 rings (SSSR count). The Hall–Kier alpha value is -2.00. The van der Waals surface area contributed by atoms with Gasteiger partial charge >= 0.3 is 0 Å². The number of hydrogen-bond donors (Lipinski definition) is 1. The Labute approximate surface area is 132 Å². The summed E-state index contributed by atoms with van der Waals surface area (Å²) in [5, 5.41) is 3.60. The fourth-order valence-electron chi connectivity index (χ4n) is 3.11. The van der Waals surface area contributed by atoms with Gasteiger partial charge in [-0.2, -0.15) is 0 Å². The van der Waals surface area contributed by atoms with Crippen LogP contribution in [0.2, 0.25) is 0 Å². The van der Waals surface area contributed by atoms with Gasteiger partial charge in [-0.1, -0.05) is 42.5 Å². The molecule has 0 radical (unpaired) electrons. The Morgan fingerprint density at radius 3 is 2.59 bits per heavy atom. The molecule has 1 atom stereocenters. The molecule has 1 heterocycles. The molecule has 3 nitrogen and oxygen atoms in total. The molecule has 1 N–H and O–H groups in total. The van der Waals surface area contributed by atoms with E-state index >= 15 is 0 Å². The quantitative estimate of drug-likeness (QED) is 0.908. The molecule has 2 aromatic carbocycles. The van der Waals surface area contributed by atoms with E-state index in [-0.39, 0.29) is 5.54 Å². The van der Waals surface area contributed by atoms with E-state index in [0.29, 0.717) is 6.61 Å². The van der Waals surface area contributed by atoms with Gasteiger partial charge in [0.15, 0.2) is 11.5 Å². The van der Waals surface area contributed by atoms with Crippen LogP contribution in [0.5, 0.6) is 11.5 Å². The standard InChI is InChI=1S/C19H23NO2/c1-19(12-7-13-20-19)16-10-6-11-17(21-2)18(16)22-14-15-8-4-3-5-9-15/h3-6,8-11,20H,7,12-14H2,1-2H3. The fourth-order valence-corrected chi connectivity index (χ4v) is 3.11. The predicted molar refractivity (Wildman–Crippen MR) is 88.4 cm³/mol. The smallest absolute Gasteiger partial charge is 0.166 e. The minimum atomic E-state index is -0.0411. The first-order valence-corrected chi connectivity index (χ1v) is 7.82. The molecule has 1 saturated heterocycles. The summed E-state index contributed by atoms with van der Waals surface area (Å²) in [4.78, 5) is 0. The van der Waals surface area contributed by atoms with Crippen molar-refractivity contribution in [3.8, 4) is 11.5 Å². The maximum atomic E-state index is 6.16. The lowest BCUT2D eigenvalue weighted by Gasteiger charge is -2.28. The van der Waals surface area contributed by atoms with Crippen LogP contribution in [0.4, 0.5) is 0 Å². The van der Waals surface area contributed by atoms with Crippen LogP contribution in [0.15, 0.2) is 48.5 Å². The number of nitrogens with one attached hydrogen (secondary N) is 1. The Balaban J connectivity index is 1.90. The van der Waals surface area contributed by atoms with E-state index in [1.165, 1.54) is 12.0 Å². The van der Waals surface area contributed by atoms with E-state index in [1.807, 2.05) is 30.3 Å². The molecular formula is C19H23NO2. The summed E-state index contributed by atoms with van der Waals surface area (Å²) in [5.41, 5.74) is 2.30. The first kappa shape index (κ1) is 14.9. The number of para-hydroxylation sites is 1. The van der Waals surface area contributed by atoms with Crippen molar-refractivity contribution in [1.29, 1.82) is 0 Å². The van der Waals surface area contributed by atoms with Crippen molar-refractivity contribution in [1.82, 2.24) is 5.32 Å². The molecule has 22 heavy (non-hydrogen) atoms. The SMILES string of the molecule is COc1cccc(C2(C)CCCN2)c1OCc1ccccc1. The van der Waals surface area contributed by atoms with Gasteiger partial charge in [0.05, 0.1) is 7.11 Å². The van der Waals surface area contributed by atoms with Crippen molar-refractivity contribution >= 4 is 0 Å². The van der Waals surface area contributed by atoms with E-state index < -0.39 is 0 Å². The van der Waals surface area contributed by atoms with Gasteiger partial charge in [-0.25, -0.2) is 0 Å². The zero-order chi connectivity index (χ0) is 15.4. The van der Waals surface area contributed by atoms with Crippen molar-refractivity contribution in [3.05, 3.63) is 59.7 Å². The van der Waals surface area contributed by atoms with Crippen molar-refractivity contribution in [3.63, 3.8) is 0 Å². The molecular weight excluding hydrogens is 274 g/mol. The summed E-state index contributed by atoms with van der Waals surface area (Å²) >= 11 is 0. The second-order valence-electron chi connectivity index (χ2n) is 5.97. The van der Waals surface area contributed by atoms with E-state index in [2.05, 4.69) is 30.4 Å². The molecule has 2 aromatic rings. The van der Waals surface area contributed by atoms with Gasteiger partial charge in [0, 0.05) is 11.1 Å². The van der Waals surface area contributed by atoms with Crippen molar-refractivity contribution in [2.24, 2.45) is 0 Å². The van der Waals surface area contributed by atoms with Crippen molar-refractivity contribution in [2.75, 3.05) is 13.7 Å². The Kier molecular flexibility index (Phi) is 4.34. The van der Waals surface area contributed by atoms with Crippen LogP contribution in [0, 0.1) is 0 Å². The average Bonchev–Trinajstić information content (AvgIpc) is 3.01. The molecule has 0 aromatic heterocycles. The van der Waals surface area contributed by atoms with Crippen LogP contribution in [0.25, 0.3) is 0 Å². The van der Waals surface area contributed by atoms with E-state index in [1.54, 1.807) is 7.11 Å². The van der Waals surface area contributed by atoms with Gasteiger partial charge in [0.25, 0.3) is 0 Å². The molecule has 1 aliphatic rings. The first-order chi connectivity index (χ1) is 10.7. The highest BCUT2D eigenvalue weighted by Crippen LogP contribution is 2.41. The summed E-state index contributed by atoms with van der Waals surface area (Å²) in [6, 6.07) is 16.4. The van der Waals surface area contributed by atoms with Gasteiger partial charge in [0.1, 0.15) is 6.61 Å². The number of rotatable bonds is 5. The van der Waals surface area contributed by atoms with Crippen LogP contribution in [0.3, 0.4) is 0 Å². The van der Waals surface area contributed by atoms with Crippen LogP contribution in [-0.2, 0) is 12.1 Å². The van der Waals surface area contributed by atoms with Crippen molar-refractivity contribution in [2.45, 2.75) is 31.9 Å². The molecule has 0 bridgehead atoms. The molecule has 1 fully saturated rings. The Morgan fingerprint density at radius 2 is 1.91 bits per heavy atom. The number of ether oxygens (including phenoxy) is 2. The lowest BCUT2D eigenvalue weighted by atomic mass is 9.89. The largest absolute Gasteiger partial charge is 0.493 e. The third kappa shape index (κ3) is 2.95. The summed E-state index contributed by atoms with van der Waals surface area (Å²) in [5.74, 6) is 1.65. The average molecular weight is 297 g/mol. The van der Waals surface area contributed by atoms with Gasteiger partial charge in [-0.05, 0) is 37.9 Å². The van der Waals surface area contributed by atoms with Crippen molar-refractivity contribution < 1.29 is 9.47 Å². The van der Waals surface area contributed by atoms with E-state index in [4.69, 9.17) is 9.47 Å². The normalized spacial score (nSPS) is 20.8. The third-order valence-electron chi connectivity index (χ3n) is 4.39. The number of hydrogen-bond acceptors (Lipinski definition) is 3. The third-order valence-corrected chi connectivity index (χ3v) is 4.39. The van der Waals surface area contributed by atoms with Crippen LogP contribution >= 0.6 is 0 Å². The summed E-state index contributed by atoms with van der Waals surface area (Å²) < 4.78 is 11.7. The Bertz CT molecular complexity index is 619. The van der Waals surface area contributed by atoms with Gasteiger partial charge in [-0.3, -0.25) is 0 Å². The highest BCUT2D eigenvalue weighted by Gasteiger charge is 2.33.